The molecular formula is C12H20N2O3. The van der Waals surface area contributed by atoms with Gasteiger partial charge in [-0.1, -0.05) is 6.92 Å². The van der Waals surface area contributed by atoms with Crippen LogP contribution in [-0.2, 0) is 14.2 Å². The van der Waals surface area contributed by atoms with Gasteiger partial charge in [-0.3, -0.25) is 0 Å². The molecule has 0 radical (unpaired) electrons. The zero-order chi connectivity index (χ0) is 12.8. The van der Waals surface area contributed by atoms with Crippen LogP contribution in [0.25, 0.3) is 9.69 Å². The zero-order valence-corrected chi connectivity index (χ0v) is 10.4. The molecule has 5 heteroatoms. The van der Waals surface area contributed by atoms with Gasteiger partial charge in [0, 0.05) is 6.61 Å². The van der Waals surface area contributed by atoms with Gasteiger partial charge in [-0.2, -0.15) is 0 Å². The molecule has 17 heavy (non-hydrogen) atoms. The molecule has 0 amide bonds. The monoisotopic (exact) mass is 240 g/mol. The maximum atomic E-state index is 6.66. The quantitative estimate of drug-likeness (QED) is 0.407. The van der Waals surface area contributed by atoms with Crippen molar-refractivity contribution >= 4 is 0 Å². The van der Waals surface area contributed by atoms with Gasteiger partial charge < -0.3 is 23.9 Å². The largest absolute Gasteiger partial charge is 0.379 e. The lowest BCUT2D eigenvalue weighted by molar-refractivity contribution is -0.0548. The molecule has 0 saturated heterocycles. The van der Waals surface area contributed by atoms with Crippen LogP contribution >= 0.6 is 0 Å². The van der Waals surface area contributed by atoms with E-state index in [0.717, 1.165) is 6.42 Å². The predicted molar refractivity (Wildman–Crippen MR) is 64.6 cm³/mol. The van der Waals surface area contributed by atoms with Crippen molar-refractivity contribution in [3.05, 3.63) is 22.8 Å². The SMILES string of the molecule is [C-]#[N+]CCOCC(COCCC)OCC[N+]#[C-]. The average molecular weight is 240 g/mol. The summed E-state index contributed by atoms with van der Waals surface area (Å²) < 4.78 is 16.2. The van der Waals surface area contributed by atoms with Crippen LogP contribution in [0.4, 0.5) is 0 Å². The van der Waals surface area contributed by atoms with Gasteiger partial charge in [-0.05, 0) is 6.42 Å². The van der Waals surface area contributed by atoms with Crippen molar-refractivity contribution in [1.29, 1.82) is 0 Å². The van der Waals surface area contributed by atoms with E-state index >= 15 is 0 Å². The highest BCUT2D eigenvalue weighted by atomic mass is 16.6. The highest BCUT2D eigenvalue weighted by Gasteiger charge is 2.10. The highest BCUT2D eigenvalue weighted by molar-refractivity contribution is 4.62. The third kappa shape index (κ3) is 11.1. The molecule has 0 N–H and O–H groups in total. The molecule has 0 bridgehead atoms. The second-order valence-electron chi connectivity index (χ2n) is 3.41. The summed E-state index contributed by atoms with van der Waals surface area (Å²) in [5.41, 5.74) is 0. The number of rotatable bonds is 11. The van der Waals surface area contributed by atoms with Gasteiger partial charge in [0.2, 0.25) is 13.1 Å². The van der Waals surface area contributed by atoms with E-state index < -0.39 is 0 Å². The maximum absolute atomic E-state index is 6.66. The summed E-state index contributed by atoms with van der Waals surface area (Å²) in [4.78, 5) is 6.41. The second kappa shape index (κ2) is 12.9. The molecule has 0 aromatic rings. The standard InChI is InChI=1S/C12H20N2O3/c1-4-7-15-10-12(17-9-6-14-3)11-16-8-5-13-2/h12H,4-11H2,1H3. The van der Waals surface area contributed by atoms with E-state index in [9.17, 15) is 0 Å². The Morgan fingerprint density at radius 1 is 0.941 bits per heavy atom. The van der Waals surface area contributed by atoms with Crippen molar-refractivity contribution in [2.75, 3.05) is 46.1 Å². The molecule has 5 nitrogen and oxygen atoms in total. The summed E-state index contributed by atoms with van der Waals surface area (Å²) in [5.74, 6) is 0. The first-order chi connectivity index (χ1) is 8.35. The highest BCUT2D eigenvalue weighted by Crippen LogP contribution is 1.97. The Kier molecular flexibility index (Phi) is 12.1. The van der Waals surface area contributed by atoms with Gasteiger partial charge in [0.15, 0.2) is 0 Å². The lowest BCUT2D eigenvalue weighted by atomic mass is 10.4. The van der Waals surface area contributed by atoms with Crippen LogP contribution in [-0.4, -0.2) is 52.2 Å². The van der Waals surface area contributed by atoms with E-state index in [0.29, 0.717) is 46.1 Å². The molecule has 0 fully saturated rings. The molecule has 0 saturated carbocycles. The fourth-order valence-corrected chi connectivity index (χ4v) is 1.09. The molecule has 1 atom stereocenters. The van der Waals surface area contributed by atoms with Crippen LogP contribution in [0.2, 0.25) is 0 Å². The van der Waals surface area contributed by atoms with Crippen molar-refractivity contribution in [1.82, 2.24) is 0 Å². The molecule has 0 aliphatic carbocycles. The lowest BCUT2D eigenvalue weighted by Crippen LogP contribution is -2.27. The summed E-state index contributed by atoms with van der Waals surface area (Å²) in [6.07, 6.45) is 0.821. The van der Waals surface area contributed by atoms with E-state index in [1.165, 1.54) is 0 Å². The fourth-order valence-electron chi connectivity index (χ4n) is 1.09. The number of hydrogen-bond acceptors (Lipinski definition) is 3. The van der Waals surface area contributed by atoms with Crippen molar-refractivity contribution in [3.8, 4) is 0 Å². The van der Waals surface area contributed by atoms with Crippen molar-refractivity contribution in [3.63, 3.8) is 0 Å². The first kappa shape index (κ1) is 15.9. The maximum Gasteiger partial charge on any atom is 0.237 e. The minimum Gasteiger partial charge on any atom is -0.379 e. The van der Waals surface area contributed by atoms with E-state index in [1.54, 1.807) is 0 Å². The summed E-state index contributed by atoms with van der Waals surface area (Å²) in [5, 5.41) is 0. The van der Waals surface area contributed by atoms with Gasteiger partial charge in [-0.15, -0.1) is 0 Å². The minimum atomic E-state index is -0.144. The zero-order valence-electron chi connectivity index (χ0n) is 10.4. The molecule has 0 rings (SSSR count). The summed E-state index contributed by atoms with van der Waals surface area (Å²) in [6, 6.07) is 0. The first-order valence-electron chi connectivity index (χ1n) is 5.78. The Labute approximate surface area is 103 Å². The Morgan fingerprint density at radius 3 is 2.12 bits per heavy atom. The Morgan fingerprint density at radius 2 is 1.53 bits per heavy atom. The molecule has 96 valence electrons. The third-order valence-corrected chi connectivity index (χ3v) is 1.86. The van der Waals surface area contributed by atoms with E-state index in [1.807, 2.05) is 6.92 Å². The first-order valence-corrected chi connectivity index (χ1v) is 5.78. The van der Waals surface area contributed by atoms with E-state index in [-0.39, 0.29) is 6.10 Å². The molecule has 0 aromatic heterocycles. The predicted octanol–water partition coefficient (Wildman–Crippen LogP) is 1.65. The van der Waals surface area contributed by atoms with Gasteiger partial charge in [0.1, 0.15) is 19.3 Å². The van der Waals surface area contributed by atoms with Crippen LogP contribution < -0.4 is 0 Å². The normalized spacial score (nSPS) is 11.7. The fraction of sp³-hybridized carbons (Fsp3) is 0.833. The Hall–Kier alpha value is -1.14. The molecular weight excluding hydrogens is 220 g/mol. The number of hydrogen-bond donors (Lipinski definition) is 0. The van der Waals surface area contributed by atoms with Gasteiger partial charge in [0.05, 0.1) is 13.2 Å². The molecule has 1 unspecified atom stereocenters. The smallest absolute Gasteiger partial charge is 0.237 e. The van der Waals surface area contributed by atoms with Crippen molar-refractivity contribution in [2.24, 2.45) is 0 Å². The van der Waals surface area contributed by atoms with Crippen LogP contribution in [0.15, 0.2) is 0 Å². The molecule has 0 heterocycles. The van der Waals surface area contributed by atoms with Crippen molar-refractivity contribution < 1.29 is 14.2 Å². The molecule has 0 aliphatic rings. The van der Waals surface area contributed by atoms with Crippen molar-refractivity contribution in [2.45, 2.75) is 19.4 Å². The summed E-state index contributed by atoms with van der Waals surface area (Å²) >= 11 is 0. The van der Waals surface area contributed by atoms with Gasteiger partial charge >= 0.3 is 0 Å². The van der Waals surface area contributed by atoms with Gasteiger partial charge in [0.25, 0.3) is 0 Å². The van der Waals surface area contributed by atoms with Crippen LogP contribution in [0.5, 0.6) is 0 Å². The van der Waals surface area contributed by atoms with E-state index in [2.05, 4.69) is 9.69 Å². The lowest BCUT2D eigenvalue weighted by Gasteiger charge is -2.16. The number of ether oxygens (including phenoxy) is 3. The van der Waals surface area contributed by atoms with Gasteiger partial charge in [-0.25, -0.2) is 13.1 Å². The van der Waals surface area contributed by atoms with Crippen LogP contribution in [0.1, 0.15) is 13.3 Å². The number of nitrogens with zero attached hydrogens (tertiary/aromatic N) is 2. The average Bonchev–Trinajstić information content (AvgIpc) is 2.34. The molecule has 0 spiro atoms. The third-order valence-electron chi connectivity index (χ3n) is 1.86. The van der Waals surface area contributed by atoms with Crippen LogP contribution in [0.3, 0.4) is 0 Å². The van der Waals surface area contributed by atoms with E-state index in [4.69, 9.17) is 27.4 Å². The molecule has 0 aliphatic heterocycles. The second-order valence-corrected chi connectivity index (χ2v) is 3.41. The topological polar surface area (TPSA) is 36.4 Å². The summed E-state index contributed by atoms with van der Waals surface area (Å²) in [6.45, 7) is 18.4. The molecule has 0 aromatic carbocycles. The minimum absolute atomic E-state index is 0.144. The summed E-state index contributed by atoms with van der Waals surface area (Å²) in [7, 11) is 0. The Balaban J connectivity index is 3.69. The Bertz CT molecular complexity index is 245. The van der Waals surface area contributed by atoms with Crippen LogP contribution in [0, 0.1) is 13.1 Å².